The molecule has 0 bridgehead atoms. The van der Waals surface area contributed by atoms with Crippen LogP contribution in [0.15, 0.2) is 12.1 Å². The summed E-state index contributed by atoms with van der Waals surface area (Å²) in [4.78, 5) is 18.0. The number of carbonyl (C=O) groups excluding carboxylic acids is 1. The lowest BCUT2D eigenvalue weighted by Gasteiger charge is -2.32. The highest BCUT2D eigenvalue weighted by Crippen LogP contribution is 2.26. The third kappa shape index (κ3) is 3.88. The molecule has 0 aliphatic carbocycles. The molecule has 3 heterocycles. The second kappa shape index (κ2) is 7.23. The number of ether oxygens (including phenoxy) is 1. The van der Waals surface area contributed by atoms with E-state index < -0.39 is 0 Å². The molecule has 24 heavy (non-hydrogen) atoms. The number of morpholine rings is 1. The Bertz CT molecular complexity index is 733. The van der Waals surface area contributed by atoms with Crippen molar-refractivity contribution in [3.8, 4) is 0 Å². The normalized spacial score (nSPS) is 17.8. The van der Waals surface area contributed by atoms with Crippen LogP contribution < -0.4 is 5.32 Å². The first-order chi connectivity index (χ1) is 11.5. The maximum Gasteiger partial charge on any atom is 0.219 e. The lowest BCUT2D eigenvalue weighted by atomic mass is 10.1. The molecule has 1 aliphatic rings. The highest BCUT2D eigenvalue weighted by Gasteiger charge is 2.25. The third-order valence-corrected chi connectivity index (χ3v) is 4.82. The van der Waals surface area contributed by atoms with Gasteiger partial charge in [0.2, 0.25) is 11.0 Å². The molecular weight excluding hydrogens is 326 g/mol. The van der Waals surface area contributed by atoms with Crippen LogP contribution in [0.3, 0.4) is 0 Å². The van der Waals surface area contributed by atoms with E-state index in [1.807, 2.05) is 19.1 Å². The summed E-state index contributed by atoms with van der Waals surface area (Å²) in [5.41, 5.74) is 2.61. The fraction of sp³-hybridized carbons (Fsp3) is 0.500. The van der Waals surface area contributed by atoms with E-state index in [0.29, 0.717) is 19.7 Å². The zero-order valence-corrected chi connectivity index (χ0v) is 14.9. The Hall–Kier alpha value is -2.06. The first kappa shape index (κ1) is 16.8. The van der Waals surface area contributed by atoms with Gasteiger partial charge in [-0.25, -0.2) is 0 Å². The Balaban J connectivity index is 1.79. The largest absolute Gasteiger partial charge is 0.368 e. The summed E-state index contributed by atoms with van der Waals surface area (Å²) in [7, 11) is 0. The van der Waals surface area contributed by atoms with E-state index >= 15 is 0 Å². The first-order valence-corrected chi connectivity index (χ1v) is 8.82. The van der Waals surface area contributed by atoms with Crippen LogP contribution >= 0.6 is 11.3 Å². The van der Waals surface area contributed by atoms with Gasteiger partial charge in [-0.2, -0.15) is 0 Å². The quantitative estimate of drug-likeness (QED) is 0.915. The maximum atomic E-state index is 11.6. The Labute approximate surface area is 145 Å². The SMILES string of the molecule is CCc1nnc(Nc2cc(C)nc([C@H]3CN(C(C)=O)CCO3)c2)s1. The predicted molar refractivity (Wildman–Crippen MR) is 92.5 cm³/mol. The van der Waals surface area contributed by atoms with Crippen molar-refractivity contribution in [1.29, 1.82) is 0 Å². The molecule has 3 rings (SSSR count). The van der Waals surface area contributed by atoms with Crippen molar-refractivity contribution in [3.63, 3.8) is 0 Å². The van der Waals surface area contributed by atoms with E-state index in [0.717, 1.165) is 33.6 Å². The third-order valence-electron chi connectivity index (χ3n) is 3.84. The van der Waals surface area contributed by atoms with Crippen molar-refractivity contribution < 1.29 is 9.53 Å². The summed E-state index contributed by atoms with van der Waals surface area (Å²) >= 11 is 1.54. The van der Waals surface area contributed by atoms with Crippen molar-refractivity contribution in [1.82, 2.24) is 20.1 Å². The molecule has 7 nitrogen and oxygen atoms in total. The number of hydrogen-bond donors (Lipinski definition) is 1. The number of nitrogens with one attached hydrogen (secondary N) is 1. The van der Waals surface area contributed by atoms with E-state index in [4.69, 9.17) is 4.74 Å². The first-order valence-electron chi connectivity index (χ1n) is 8.00. The molecule has 128 valence electrons. The van der Waals surface area contributed by atoms with Gasteiger partial charge < -0.3 is 15.0 Å². The summed E-state index contributed by atoms with van der Waals surface area (Å²) in [5, 5.41) is 13.3. The average Bonchev–Trinajstić information content (AvgIpc) is 3.02. The molecule has 1 amide bonds. The minimum absolute atomic E-state index is 0.0651. The fourth-order valence-corrected chi connectivity index (χ4v) is 3.32. The minimum atomic E-state index is -0.205. The van der Waals surface area contributed by atoms with E-state index in [-0.39, 0.29) is 12.0 Å². The molecule has 8 heteroatoms. The predicted octanol–water partition coefficient (Wildman–Crippen LogP) is 2.47. The van der Waals surface area contributed by atoms with Gasteiger partial charge in [-0.1, -0.05) is 18.3 Å². The van der Waals surface area contributed by atoms with Crippen LogP contribution in [0.1, 0.15) is 36.3 Å². The number of nitrogens with zero attached hydrogens (tertiary/aromatic N) is 4. The number of rotatable bonds is 4. The highest BCUT2D eigenvalue weighted by molar-refractivity contribution is 7.15. The molecule has 0 spiro atoms. The van der Waals surface area contributed by atoms with Crippen LogP contribution in [-0.4, -0.2) is 45.7 Å². The lowest BCUT2D eigenvalue weighted by molar-refractivity contribution is -0.136. The summed E-state index contributed by atoms with van der Waals surface area (Å²) in [6, 6.07) is 3.91. The molecule has 1 saturated heterocycles. The fourth-order valence-electron chi connectivity index (χ4n) is 2.62. The average molecular weight is 347 g/mol. The molecule has 0 aromatic carbocycles. The number of carbonyl (C=O) groups is 1. The maximum absolute atomic E-state index is 11.6. The summed E-state index contributed by atoms with van der Waals surface area (Å²) in [6.45, 7) is 7.27. The second-order valence-electron chi connectivity index (χ2n) is 5.73. The Morgan fingerprint density at radius 2 is 2.29 bits per heavy atom. The van der Waals surface area contributed by atoms with Crippen molar-refractivity contribution in [2.45, 2.75) is 33.3 Å². The smallest absolute Gasteiger partial charge is 0.219 e. The Kier molecular flexibility index (Phi) is 5.06. The van der Waals surface area contributed by atoms with Crippen LogP contribution in [0.2, 0.25) is 0 Å². The van der Waals surface area contributed by atoms with E-state index in [2.05, 4.69) is 27.4 Å². The van der Waals surface area contributed by atoms with Crippen LogP contribution in [0, 0.1) is 6.92 Å². The molecule has 0 radical (unpaired) electrons. The summed E-state index contributed by atoms with van der Waals surface area (Å²) in [6.07, 6.45) is 0.667. The van der Waals surface area contributed by atoms with E-state index in [1.165, 1.54) is 0 Å². The van der Waals surface area contributed by atoms with Crippen molar-refractivity contribution in [3.05, 3.63) is 28.5 Å². The summed E-state index contributed by atoms with van der Waals surface area (Å²) < 4.78 is 5.82. The van der Waals surface area contributed by atoms with Gasteiger partial charge in [0.25, 0.3) is 0 Å². The number of amides is 1. The van der Waals surface area contributed by atoms with Crippen LogP contribution in [0.25, 0.3) is 0 Å². The van der Waals surface area contributed by atoms with Gasteiger partial charge in [-0.15, -0.1) is 10.2 Å². The van der Waals surface area contributed by atoms with Crippen LogP contribution in [0.5, 0.6) is 0 Å². The molecule has 0 saturated carbocycles. The molecule has 1 atom stereocenters. The van der Waals surface area contributed by atoms with Gasteiger partial charge in [0.05, 0.1) is 18.8 Å². The monoisotopic (exact) mass is 347 g/mol. The molecule has 1 N–H and O–H groups in total. The van der Waals surface area contributed by atoms with Crippen molar-refractivity contribution >= 4 is 28.1 Å². The molecule has 2 aromatic rings. The van der Waals surface area contributed by atoms with Crippen LogP contribution in [0.4, 0.5) is 10.8 Å². The standard InChI is InChI=1S/C16H21N5O2S/c1-4-15-19-20-16(24-15)18-12-7-10(2)17-13(8-12)14-9-21(11(3)22)5-6-23-14/h7-8,14H,4-6,9H2,1-3H3,(H,17,18,20)/t14-/m1/s1. The van der Waals surface area contributed by atoms with E-state index in [9.17, 15) is 4.79 Å². The molecule has 1 fully saturated rings. The molecular formula is C16H21N5O2S. The highest BCUT2D eigenvalue weighted by atomic mass is 32.1. The van der Waals surface area contributed by atoms with Gasteiger partial charge >= 0.3 is 0 Å². The topological polar surface area (TPSA) is 80.2 Å². The molecule has 1 aliphatic heterocycles. The van der Waals surface area contributed by atoms with Gasteiger partial charge in [-0.05, 0) is 25.5 Å². The number of hydrogen-bond acceptors (Lipinski definition) is 7. The van der Waals surface area contributed by atoms with E-state index in [1.54, 1.807) is 23.2 Å². The zero-order chi connectivity index (χ0) is 17.1. The number of aryl methyl sites for hydroxylation is 2. The molecule has 0 unspecified atom stereocenters. The van der Waals surface area contributed by atoms with Gasteiger partial charge in [0.1, 0.15) is 11.1 Å². The second-order valence-corrected chi connectivity index (χ2v) is 6.79. The zero-order valence-electron chi connectivity index (χ0n) is 14.1. The Morgan fingerprint density at radius 3 is 3.00 bits per heavy atom. The number of aromatic nitrogens is 3. The van der Waals surface area contributed by atoms with Crippen molar-refractivity contribution in [2.24, 2.45) is 0 Å². The number of anilines is 2. The lowest BCUT2D eigenvalue weighted by Crippen LogP contribution is -2.41. The summed E-state index contributed by atoms with van der Waals surface area (Å²) in [5.74, 6) is 0.0651. The number of pyridine rings is 1. The van der Waals surface area contributed by atoms with Crippen LogP contribution in [-0.2, 0) is 16.0 Å². The van der Waals surface area contributed by atoms with Crippen molar-refractivity contribution in [2.75, 3.05) is 25.0 Å². The van der Waals surface area contributed by atoms with Gasteiger partial charge in [-0.3, -0.25) is 9.78 Å². The van der Waals surface area contributed by atoms with Gasteiger partial charge in [0.15, 0.2) is 0 Å². The Morgan fingerprint density at radius 1 is 1.46 bits per heavy atom. The molecule has 2 aromatic heterocycles. The minimum Gasteiger partial charge on any atom is -0.368 e. The van der Waals surface area contributed by atoms with Gasteiger partial charge in [0, 0.05) is 24.8 Å².